The first-order valence-corrected chi connectivity index (χ1v) is 5.80. The molecular formula is C12H17N3O3. The molecule has 0 aromatic carbocycles. The number of aliphatic imine (C=N–C) groups is 1. The van der Waals surface area contributed by atoms with E-state index >= 15 is 0 Å². The van der Waals surface area contributed by atoms with Gasteiger partial charge in [-0.3, -0.25) is 14.4 Å². The standard InChI is InChI=1S/C12H17N3O3/c1-8(2)5-13-11(17)7-15-12(18)9-3-4-10(16)14-6-9/h3-4,6,8-9H,5,7H2,1-2H3,(H,13,17)(H,15,18). The van der Waals surface area contributed by atoms with Gasteiger partial charge in [0.25, 0.3) is 5.91 Å². The number of nitrogens with zero attached hydrogens (tertiary/aromatic N) is 1. The van der Waals surface area contributed by atoms with Gasteiger partial charge in [-0.2, -0.15) is 0 Å². The summed E-state index contributed by atoms with van der Waals surface area (Å²) >= 11 is 0. The molecule has 1 rings (SSSR count). The van der Waals surface area contributed by atoms with Gasteiger partial charge < -0.3 is 10.6 Å². The fourth-order valence-electron chi connectivity index (χ4n) is 1.25. The molecule has 0 bridgehead atoms. The number of nitrogens with one attached hydrogen (secondary N) is 2. The quantitative estimate of drug-likeness (QED) is 0.700. The Hall–Kier alpha value is -1.98. The lowest BCUT2D eigenvalue weighted by Gasteiger charge is -2.11. The zero-order valence-corrected chi connectivity index (χ0v) is 10.5. The van der Waals surface area contributed by atoms with Crippen molar-refractivity contribution in [2.45, 2.75) is 13.8 Å². The minimum Gasteiger partial charge on any atom is -0.354 e. The molecule has 0 aromatic heterocycles. The Morgan fingerprint density at radius 1 is 1.39 bits per heavy atom. The summed E-state index contributed by atoms with van der Waals surface area (Å²) in [6.07, 6.45) is 3.96. The van der Waals surface area contributed by atoms with E-state index in [-0.39, 0.29) is 24.3 Å². The molecule has 1 atom stereocenters. The second-order valence-electron chi connectivity index (χ2n) is 4.42. The average Bonchev–Trinajstić information content (AvgIpc) is 2.34. The highest BCUT2D eigenvalue weighted by atomic mass is 16.2. The van der Waals surface area contributed by atoms with Gasteiger partial charge in [0, 0.05) is 18.8 Å². The predicted molar refractivity (Wildman–Crippen MR) is 67.0 cm³/mol. The molecule has 98 valence electrons. The number of hydrogen-bond donors (Lipinski definition) is 2. The summed E-state index contributed by atoms with van der Waals surface area (Å²) in [6.45, 7) is 4.48. The van der Waals surface area contributed by atoms with Crippen molar-refractivity contribution in [2.75, 3.05) is 13.1 Å². The monoisotopic (exact) mass is 251 g/mol. The van der Waals surface area contributed by atoms with E-state index in [2.05, 4.69) is 15.6 Å². The highest BCUT2D eigenvalue weighted by molar-refractivity contribution is 6.05. The van der Waals surface area contributed by atoms with Crippen LogP contribution < -0.4 is 10.6 Å². The van der Waals surface area contributed by atoms with Crippen LogP contribution in [0, 0.1) is 11.8 Å². The van der Waals surface area contributed by atoms with Crippen molar-refractivity contribution in [3.8, 4) is 0 Å². The lowest BCUT2D eigenvalue weighted by Crippen LogP contribution is -2.40. The van der Waals surface area contributed by atoms with E-state index < -0.39 is 5.92 Å². The van der Waals surface area contributed by atoms with Gasteiger partial charge in [0.1, 0.15) is 0 Å². The molecule has 0 saturated heterocycles. The van der Waals surface area contributed by atoms with Gasteiger partial charge in [-0.1, -0.05) is 19.9 Å². The van der Waals surface area contributed by atoms with Gasteiger partial charge >= 0.3 is 0 Å². The highest BCUT2D eigenvalue weighted by Crippen LogP contribution is 2.01. The van der Waals surface area contributed by atoms with Crippen LogP contribution in [0.5, 0.6) is 0 Å². The van der Waals surface area contributed by atoms with Gasteiger partial charge in [-0.15, -0.1) is 0 Å². The van der Waals surface area contributed by atoms with Crippen molar-refractivity contribution in [3.05, 3.63) is 12.2 Å². The summed E-state index contributed by atoms with van der Waals surface area (Å²) in [5.74, 6) is -1.18. The second kappa shape index (κ2) is 6.68. The lowest BCUT2D eigenvalue weighted by atomic mass is 10.1. The molecule has 0 aromatic rings. The Morgan fingerprint density at radius 3 is 2.67 bits per heavy atom. The topological polar surface area (TPSA) is 87.6 Å². The van der Waals surface area contributed by atoms with E-state index in [0.29, 0.717) is 12.5 Å². The van der Waals surface area contributed by atoms with E-state index in [0.717, 1.165) is 0 Å². The summed E-state index contributed by atoms with van der Waals surface area (Å²) in [5, 5.41) is 5.17. The SMILES string of the molecule is CC(C)CNC(=O)CNC(=O)C1C=CC(=O)N=C1. The molecule has 0 saturated carbocycles. The smallest absolute Gasteiger partial charge is 0.269 e. The van der Waals surface area contributed by atoms with Crippen LogP contribution in [0.4, 0.5) is 0 Å². The molecule has 1 heterocycles. The molecule has 0 radical (unpaired) electrons. The molecule has 0 aliphatic carbocycles. The van der Waals surface area contributed by atoms with Crippen LogP contribution in [0.15, 0.2) is 17.1 Å². The van der Waals surface area contributed by atoms with Crippen LogP contribution in [0.25, 0.3) is 0 Å². The Morgan fingerprint density at radius 2 is 2.11 bits per heavy atom. The third-order valence-corrected chi connectivity index (χ3v) is 2.24. The highest BCUT2D eigenvalue weighted by Gasteiger charge is 2.17. The average molecular weight is 251 g/mol. The fraction of sp³-hybridized carbons (Fsp3) is 0.500. The van der Waals surface area contributed by atoms with Crippen LogP contribution in [0.3, 0.4) is 0 Å². The molecule has 6 nitrogen and oxygen atoms in total. The molecule has 2 N–H and O–H groups in total. The third-order valence-electron chi connectivity index (χ3n) is 2.24. The van der Waals surface area contributed by atoms with E-state index in [1.165, 1.54) is 18.4 Å². The normalized spacial score (nSPS) is 17.9. The Balaban J connectivity index is 2.29. The molecule has 3 amide bonds. The number of amides is 3. The van der Waals surface area contributed by atoms with Crippen molar-refractivity contribution in [1.82, 2.24) is 10.6 Å². The van der Waals surface area contributed by atoms with Gasteiger partial charge in [-0.05, 0) is 5.92 Å². The van der Waals surface area contributed by atoms with E-state index in [1.54, 1.807) is 0 Å². The first-order chi connectivity index (χ1) is 8.49. The van der Waals surface area contributed by atoms with Crippen molar-refractivity contribution in [2.24, 2.45) is 16.8 Å². The van der Waals surface area contributed by atoms with Gasteiger partial charge in [0.05, 0.1) is 12.5 Å². The number of carbonyl (C=O) groups excluding carboxylic acids is 3. The van der Waals surface area contributed by atoms with Crippen LogP contribution in [-0.2, 0) is 14.4 Å². The first kappa shape index (κ1) is 14.1. The van der Waals surface area contributed by atoms with Crippen molar-refractivity contribution >= 4 is 23.9 Å². The molecule has 0 fully saturated rings. The Labute approximate surface area is 106 Å². The van der Waals surface area contributed by atoms with Gasteiger partial charge in [-0.25, -0.2) is 4.99 Å². The van der Waals surface area contributed by atoms with E-state index in [4.69, 9.17) is 0 Å². The van der Waals surface area contributed by atoms with E-state index in [1.807, 2.05) is 13.8 Å². The summed E-state index contributed by atoms with van der Waals surface area (Å²) in [4.78, 5) is 37.2. The van der Waals surface area contributed by atoms with E-state index in [9.17, 15) is 14.4 Å². The fourth-order valence-corrected chi connectivity index (χ4v) is 1.25. The Bertz CT molecular complexity index is 383. The zero-order chi connectivity index (χ0) is 13.5. The molecule has 1 unspecified atom stereocenters. The molecule has 18 heavy (non-hydrogen) atoms. The van der Waals surface area contributed by atoms with Crippen LogP contribution in [0.1, 0.15) is 13.8 Å². The molecule has 6 heteroatoms. The number of dihydropyridines is 1. The number of carbonyl (C=O) groups is 3. The largest absolute Gasteiger partial charge is 0.354 e. The summed E-state index contributed by atoms with van der Waals surface area (Å²) in [5.41, 5.74) is 0. The van der Waals surface area contributed by atoms with Gasteiger partial charge in [0.15, 0.2) is 0 Å². The van der Waals surface area contributed by atoms with Gasteiger partial charge in [0.2, 0.25) is 11.8 Å². The summed E-state index contributed by atoms with van der Waals surface area (Å²) < 4.78 is 0. The predicted octanol–water partition coefficient (Wildman–Crippen LogP) is -0.342. The maximum atomic E-state index is 11.6. The Kier molecular flexibility index (Phi) is 5.23. The summed E-state index contributed by atoms with van der Waals surface area (Å²) in [7, 11) is 0. The van der Waals surface area contributed by atoms with Crippen molar-refractivity contribution < 1.29 is 14.4 Å². The number of rotatable bonds is 5. The summed E-state index contributed by atoms with van der Waals surface area (Å²) in [6, 6.07) is 0. The molecule has 1 aliphatic heterocycles. The maximum absolute atomic E-state index is 11.6. The second-order valence-corrected chi connectivity index (χ2v) is 4.42. The molecular weight excluding hydrogens is 234 g/mol. The maximum Gasteiger partial charge on any atom is 0.269 e. The third kappa shape index (κ3) is 4.90. The number of hydrogen-bond acceptors (Lipinski definition) is 3. The molecule has 0 spiro atoms. The van der Waals surface area contributed by atoms with Crippen molar-refractivity contribution in [1.29, 1.82) is 0 Å². The molecule has 1 aliphatic rings. The van der Waals surface area contributed by atoms with Crippen molar-refractivity contribution in [3.63, 3.8) is 0 Å². The van der Waals surface area contributed by atoms with Crippen LogP contribution in [-0.4, -0.2) is 37.0 Å². The minimum atomic E-state index is -0.583. The lowest BCUT2D eigenvalue weighted by molar-refractivity contribution is -0.126. The zero-order valence-electron chi connectivity index (χ0n) is 10.5. The first-order valence-electron chi connectivity index (χ1n) is 5.80. The van der Waals surface area contributed by atoms with Crippen LogP contribution >= 0.6 is 0 Å². The van der Waals surface area contributed by atoms with Crippen LogP contribution in [0.2, 0.25) is 0 Å². The minimum absolute atomic E-state index is 0.0717.